The monoisotopic (exact) mass is 810 g/mol. The summed E-state index contributed by atoms with van der Waals surface area (Å²) in [5.41, 5.74) is 12.2. The molecule has 8 aromatic carbocycles. The van der Waals surface area contributed by atoms with E-state index in [9.17, 15) is 10.5 Å². The third-order valence-corrected chi connectivity index (χ3v) is 10.5. The first-order valence-corrected chi connectivity index (χ1v) is 20.4. The van der Waals surface area contributed by atoms with Crippen LogP contribution in [0.2, 0.25) is 0 Å². The molecule has 0 saturated heterocycles. The molecular formula is C56H38N6O. The molecule has 298 valence electrons. The van der Waals surface area contributed by atoms with Gasteiger partial charge >= 0.3 is 0 Å². The first kappa shape index (κ1) is 39.4. The normalized spacial score (nSPS) is 11.3. The van der Waals surface area contributed by atoms with Gasteiger partial charge in [-0.15, -0.1) is 10.2 Å². The highest BCUT2D eigenvalue weighted by Gasteiger charge is 2.15. The molecule has 7 nitrogen and oxygen atoms in total. The van der Waals surface area contributed by atoms with Gasteiger partial charge in [0.2, 0.25) is 11.8 Å². The summed E-state index contributed by atoms with van der Waals surface area (Å²) in [6, 6.07) is 77.1. The van der Waals surface area contributed by atoms with Gasteiger partial charge in [0.05, 0.1) is 23.3 Å². The summed E-state index contributed by atoms with van der Waals surface area (Å²) >= 11 is 0. The zero-order valence-electron chi connectivity index (χ0n) is 34.0. The lowest BCUT2D eigenvalue weighted by atomic mass is 10.0. The quantitative estimate of drug-likeness (QED) is 0.0896. The van der Waals surface area contributed by atoms with Crippen LogP contribution in [0.5, 0.6) is 0 Å². The number of rotatable bonds is 12. The molecule has 9 aromatic rings. The molecule has 0 aliphatic carbocycles. The second-order valence-corrected chi connectivity index (χ2v) is 14.6. The predicted molar refractivity (Wildman–Crippen MR) is 254 cm³/mol. The van der Waals surface area contributed by atoms with Crippen LogP contribution in [0, 0.1) is 22.7 Å². The number of para-hydroxylation sites is 4. The highest BCUT2D eigenvalue weighted by atomic mass is 16.4. The number of aromatic nitrogens is 2. The molecule has 0 radical (unpaired) electrons. The largest absolute Gasteiger partial charge is 0.416 e. The van der Waals surface area contributed by atoms with Gasteiger partial charge in [-0.3, -0.25) is 0 Å². The number of benzene rings is 8. The van der Waals surface area contributed by atoms with Crippen LogP contribution in [0.1, 0.15) is 22.3 Å². The molecule has 0 aliphatic rings. The number of nitrogens with zero attached hydrogens (tertiary/aromatic N) is 6. The van der Waals surface area contributed by atoms with E-state index in [1.807, 2.05) is 182 Å². The Balaban J connectivity index is 0.875. The van der Waals surface area contributed by atoms with Crippen molar-refractivity contribution in [3.05, 3.63) is 241 Å². The van der Waals surface area contributed by atoms with E-state index in [0.717, 1.165) is 67.5 Å². The second-order valence-electron chi connectivity index (χ2n) is 14.6. The number of allylic oxidation sites excluding steroid dienone is 2. The van der Waals surface area contributed by atoms with Crippen LogP contribution in [0.25, 0.3) is 46.2 Å². The molecule has 0 amide bonds. The molecule has 63 heavy (non-hydrogen) atoms. The Labute approximate surface area is 366 Å². The summed E-state index contributed by atoms with van der Waals surface area (Å²) in [5.74, 6) is 0.769. The number of anilines is 6. The van der Waals surface area contributed by atoms with Gasteiger partial charge in [0.1, 0.15) is 0 Å². The average Bonchev–Trinajstić information content (AvgIpc) is 3.86. The number of hydrogen-bond acceptors (Lipinski definition) is 7. The van der Waals surface area contributed by atoms with E-state index in [4.69, 9.17) is 4.42 Å². The van der Waals surface area contributed by atoms with Crippen molar-refractivity contribution >= 4 is 57.4 Å². The molecule has 1 heterocycles. The minimum Gasteiger partial charge on any atom is -0.416 e. The Bertz CT molecular complexity index is 2790. The van der Waals surface area contributed by atoms with E-state index in [0.29, 0.717) is 22.9 Å². The van der Waals surface area contributed by atoms with E-state index in [1.165, 1.54) is 0 Å². The first-order chi connectivity index (χ1) is 31.1. The summed E-state index contributed by atoms with van der Waals surface area (Å²) in [7, 11) is 0. The fourth-order valence-electron chi connectivity index (χ4n) is 7.38. The minimum atomic E-state index is 0.385. The minimum absolute atomic E-state index is 0.385. The lowest BCUT2D eigenvalue weighted by molar-refractivity contribution is 0.584. The Kier molecular flexibility index (Phi) is 11.6. The van der Waals surface area contributed by atoms with Crippen LogP contribution in [0.3, 0.4) is 0 Å². The van der Waals surface area contributed by atoms with Crippen LogP contribution in [0.4, 0.5) is 34.1 Å². The van der Waals surface area contributed by atoms with Crippen LogP contribution in [-0.2, 0) is 0 Å². The Morgan fingerprint density at radius 3 is 0.937 bits per heavy atom. The van der Waals surface area contributed by atoms with Crippen molar-refractivity contribution in [3.8, 4) is 35.0 Å². The predicted octanol–water partition coefficient (Wildman–Crippen LogP) is 14.5. The van der Waals surface area contributed by atoms with Crippen molar-refractivity contribution in [2.24, 2.45) is 0 Å². The maximum atomic E-state index is 10.2. The molecule has 0 N–H and O–H groups in total. The second kappa shape index (κ2) is 18.5. The highest BCUT2D eigenvalue weighted by molar-refractivity contribution is 5.92. The standard InChI is InChI=1S/C56H38N6O/c57-39-47(43-29-33-53(34-30-43)61(49-13-5-1-6-14-49)50-15-7-2-8-16-50)37-41-21-25-45(26-22-41)55-59-60-56(63-55)46-27-23-42(24-28-46)38-48(40-58)44-31-35-54(36-32-44)62(51-17-9-3-10-18-51)52-19-11-4-12-20-52/h1-38H. The van der Waals surface area contributed by atoms with Crippen LogP contribution in [-0.4, -0.2) is 10.2 Å². The van der Waals surface area contributed by atoms with Gasteiger partial charge in [0.15, 0.2) is 0 Å². The smallest absolute Gasteiger partial charge is 0.248 e. The maximum Gasteiger partial charge on any atom is 0.248 e. The van der Waals surface area contributed by atoms with E-state index >= 15 is 0 Å². The molecule has 0 unspecified atom stereocenters. The zero-order valence-corrected chi connectivity index (χ0v) is 34.0. The van der Waals surface area contributed by atoms with Crippen molar-refractivity contribution in [1.29, 1.82) is 10.5 Å². The summed E-state index contributed by atoms with van der Waals surface area (Å²) < 4.78 is 6.10. The lowest BCUT2D eigenvalue weighted by Crippen LogP contribution is -2.09. The fraction of sp³-hybridized carbons (Fsp3) is 0. The topological polar surface area (TPSA) is 93.0 Å². The van der Waals surface area contributed by atoms with Gasteiger partial charge in [-0.05, 0) is 131 Å². The Morgan fingerprint density at radius 1 is 0.365 bits per heavy atom. The van der Waals surface area contributed by atoms with Crippen LogP contribution >= 0.6 is 0 Å². The van der Waals surface area contributed by atoms with E-state index in [2.05, 4.69) is 80.7 Å². The molecule has 0 atom stereocenters. The lowest BCUT2D eigenvalue weighted by Gasteiger charge is -2.25. The van der Waals surface area contributed by atoms with Gasteiger partial charge < -0.3 is 14.2 Å². The van der Waals surface area contributed by atoms with Crippen molar-refractivity contribution < 1.29 is 4.42 Å². The molecule has 0 aliphatic heterocycles. The summed E-state index contributed by atoms with van der Waals surface area (Å²) in [6.07, 6.45) is 3.75. The number of nitriles is 2. The van der Waals surface area contributed by atoms with Crippen molar-refractivity contribution in [2.75, 3.05) is 9.80 Å². The third kappa shape index (κ3) is 8.95. The van der Waals surface area contributed by atoms with Crippen LogP contribution < -0.4 is 9.80 Å². The van der Waals surface area contributed by atoms with Gasteiger partial charge in [-0.1, -0.05) is 121 Å². The van der Waals surface area contributed by atoms with E-state index < -0.39 is 0 Å². The Morgan fingerprint density at radius 2 is 0.651 bits per heavy atom. The SMILES string of the molecule is N#CC(=Cc1ccc(-c2nnc(-c3ccc(C=C(C#N)c4ccc(N(c5ccccc5)c5ccccc5)cc4)cc3)o2)cc1)c1ccc(N(c2ccccc2)c2ccccc2)cc1. The maximum absolute atomic E-state index is 10.2. The molecule has 9 rings (SSSR count). The summed E-state index contributed by atoms with van der Waals surface area (Å²) in [5, 5.41) is 28.9. The van der Waals surface area contributed by atoms with Crippen molar-refractivity contribution in [1.82, 2.24) is 10.2 Å². The molecule has 1 aromatic heterocycles. The van der Waals surface area contributed by atoms with E-state index in [1.54, 1.807) is 0 Å². The van der Waals surface area contributed by atoms with Gasteiger partial charge in [0, 0.05) is 45.3 Å². The molecule has 7 heteroatoms. The zero-order chi connectivity index (χ0) is 42.8. The molecular weight excluding hydrogens is 773 g/mol. The van der Waals surface area contributed by atoms with Gasteiger partial charge in [-0.25, -0.2) is 0 Å². The summed E-state index contributed by atoms with van der Waals surface area (Å²) in [4.78, 5) is 4.38. The molecule has 0 spiro atoms. The highest BCUT2D eigenvalue weighted by Crippen LogP contribution is 2.37. The molecule has 0 fully saturated rings. The van der Waals surface area contributed by atoms with Gasteiger partial charge in [-0.2, -0.15) is 10.5 Å². The van der Waals surface area contributed by atoms with Gasteiger partial charge in [0.25, 0.3) is 0 Å². The molecule has 0 saturated carbocycles. The number of hydrogen-bond donors (Lipinski definition) is 0. The van der Waals surface area contributed by atoms with E-state index in [-0.39, 0.29) is 0 Å². The first-order valence-electron chi connectivity index (χ1n) is 20.4. The van der Waals surface area contributed by atoms with Crippen molar-refractivity contribution in [2.45, 2.75) is 0 Å². The summed E-state index contributed by atoms with van der Waals surface area (Å²) in [6.45, 7) is 0. The average molecular weight is 811 g/mol. The third-order valence-electron chi connectivity index (χ3n) is 10.5. The molecule has 0 bridgehead atoms. The Hall–Kier alpha value is -9.04. The fourth-order valence-corrected chi connectivity index (χ4v) is 7.38. The van der Waals surface area contributed by atoms with Crippen molar-refractivity contribution in [3.63, 3.8) is 0 Å². The van der Waals surface area contributed by atoms with Crippen LogP contribution in [0.15, 0.2) is 223 Å².